The van der Waals surface area contributed by atoms with Crippen LogP contribution in [0.4, 0.5) is 11.4 Å². The van der Waals surface area contributed by atoms with Gasteiger partial charge in [0.15, 0.2) is 0 Å². The number of hydrogen-bond donors (Lipinski definition) is 6. The van der Waals surface area contributed by atoms with E-state index in [1.165, 1.54) is 5.54 Å². The number of nitrogen functional groups attached to an aromatic ring is 2. The molecule has 56 heavy (non-hydrogen) atoms. The molecule has 0 aliphatic heterocycles. The third-order valence-electron chi connectivity index (χ3n) is 7.78. The first-order chi connectivity index (χ1) is 26.4. The molecule has 1 aliphatic rings. The van der Waals surface area contributed by atoms with E-state index in [4.69, 9.17) is 72.6 Å². The zero-order chi connectivity index (χ0) is 40.3. The molecule has 9 N–H and O–H groups in total. The second-order valence-corrected chi connectivity index (χ2v) is 13.6. The van der Waals surface area contributed by atoms with E-state index >= 15 is 0 Å². The van der Waals surface area contributed by atoms with E-state index in [0.29, 0.717) is 38.8 Å². The number of hydrogen-bond acceptors (Lipinski definition) is 10. The normalized spacial score (nSPS) is 13.2. The van der Waals surface area contributed by atoms with Crippen LogP contribution in [-0.4, -0.2) is 43.8 Å². The molecule has 2 unspecified atom stereocenters. The van der Waals surface area contributed by atoms with Crippen LogP contribution in [0.1, 0.15) is 55.7 Å². The van der Waals surface area contributed by atoms with Crippen molar-refractivity contribution in [3.8, 4) is 12.1 Å². The van der Waals surface area contributed by atoms with Crippen LogP contribution >= 0.6 is 50.7 Å². The number of halogens is 4. The lowest BCUT2D eigenvalue weighted by molar-refractivity contribution is 0.426. The summed E-state index contributed by atoms with van der Waals surface area (Å²) in [5, 5.41) is 49.9. The van der Waals surface area contributed by atoms with Crippen LogP contribution in [-0.2, 0) is 0 Å². The number of tetrazole rings is 1. The van der Waals surface area contributed by atoms with Crippen LogP contribution in [0.3, 0.4) is 0 Å². The summed E-state index contributed by atoms with van der Waals surface area (Å²) >= 11 is 20.2. The molecule has 1 aromatic heterocycles. The number of nitriles is 2. The van der Waals surface area contributed by atoms with Crippen LogP contribution < -0.4 is 22.7 Å². The van der Waals surface area contributed by atoms with E-state index in [1.807, 2.05) is 54.6 Å². The van der Waals surface area contributed by atoms with Gasteiger partial charge in [0.25, 0.3) is 0 Å². The van der Waals surface area contributed by atoms with Crippen LogP contribution in [0.2, 0.25) is 10.0 Å². The summed E-state index contributed by atoms with van der Waals surface area (Å²) in [4.78, 5) is 0. The van der Waals surface area contributed by atoms with Crippen molar-refractivity contribution >= 4 is 85.8 Å². The fourth-order valence-corrected chi connectivity index (χ4v) is 5.52. The van der Waals surface area contributed by atoms with Crippen molar-refractivity contribution in [1.29, 1.82) is 10.5 Å². The van der Waals surface area contributed by atoms with Crippen molar-refractivity contribution in [2.24, 2.45) is 5.73 Å². The summed E-state index contributed by atoms with van der Waals surface area (Å²) < 4.78 is 0.873. The minimum atomic E-state index is -1.41. The molecule has 290 valence electrons. The third kappa shape index (κ3) is 14.8. The molecular weight excluding hydrogens is 836 g/mol. The smallest absolute Gasteiger partial charge is 0.423 e. The molecule has 6 rings (SSSR count). The van der Waals surface area contributed by atoms with Crippen LogP contribution in [0.15, 0.2) is 126 Å². The van der Waals surface area contributed by atoms with E-state index in [2.05, 4.69) is 55.3 Å². The summed E-state index contributed by atoms with van der Waals surface area (Å²) in [6.45, 7) is 3.78. The fourth-order valence-electron chi connectivity index (χ4n) is 4.80. The highest BCUT2D eigenvalue weighted by molar-refractivity contribution is 9.10. The number of allylic oxidation sites excluding steroid dienone is 4. The Balaban J connectivity index is 0.000000390. The summed E-state index contributed by atoms with van der Waals surface area (Å²) in [5.74, 6) is 0.703. The second-order valence-electron chi connectivity index (χ2n) is 11.5. The molecule has 0 radical (unpaired) electrons. The number of anilines is 2. The fraction of sp³-hybridized carbons (Fsp3) is 0.125. The Kier molecular flexibility index (Phi) is 20.4. The molecule has 0 saturated heterocycles. The van der Waals surface area contributed by atoms with Gasteiger partial charge in [0, 0.05) is 50.4 Å². The standard InChI is InChI=1S/C13H12ClN5.C13H13ClN2.C7H5BrN2.C6H6BClO2.CH4.H2/c14-10-4-1-8(2-5-10)9-3-6-12(15)11(7-9)13-16-18-19-17-13;1-2-10(4-3-7-14)11-5-6-13(16)12(8-11)9-15;8-6-1-2-7(10)5(3-6)4-9;8-6-3-1-5(2-4-6)7(9)10;;/h1-5,7,12H,6,15H2,(H,16,17,18,19);2-3,5-8,10H,1,4,16H2;1-3H,10H2;1-4,9-10H;1H4;1H/b;7-3+;;;;/i;;;;;1+1. The van der Waals surface area contributed by atoms with Gasteiger partial charge in [-0.05, 0) is 101 Å². The Labute approximate surface area is 352 Å². The van der Waals surface area contributed by atoms with Crippen molar-refractivity contribution in [3.05, 3.63) is 164 Å². The predicted octanol–water partition coefficient (Wildman–Crippen LogP) is 8.41. The van der Waals surface area contributed by atoms with Crippen molar-refractivity contribution in [2.75, 3.05) is 11.5 Å². The monoisotopic (exact) mass is 876 g/mol. The minimum absolute atomic E-state index is 0. The molecule has 1 heterocycles. The van der Waals surface area contributed by atoms with Crippen molar-refractivity contribution < 1.29 is 11.5 Å². The lowest BCUT2D eigenvalue weighted by atomic mass is 9.81. The van der Waals surface area contributed by atoms with Crippen LogP contribution in [0.25, 0.3) is 11.1 Å². The number of nitrogens with zero attached hydrogens (tertiary/aromatic N) is 5. The van der Waals surface area contributed by atoms with Crippen molar-refractivity contribution in [3.63, 3.8) is 0 Å². The maximum Gasteiger partial charge on any atom is 0.488 e. The highest BCUT2D eigenvalue weighted by atomic mass is 79.9. The Morgan fingerprint density at radius 2 is 1.55 bits per heavy atom. The highest BCUT2D eigenvalue weighted by Crippen LogP contribution is 2.29. The lowest BCUT2D eigenvalue weighted by Crippen LogP contribution is -2.29. The molecule has 0 saturated carbocycles. The van der Waals surface area contributed by atoms with Gasteiger partial charge in [-0.2, -0.15) is 15.7 Å². The Morgan fingerprint density at radius 1 is 0.964 bits per heavy atom. The van der Waals surface area contributed by atoms with E-state index < -0.39 is 7.12 Å². The van der Waals surface area contributed by atoms with E-state index in [1.54, 1.807) is 54.6 Å². The maximum atomic E-state index is 8.88. The first-order valence-corrected chi connectivity index (χ1v) is 18.3. The summed E-state index contributed by atoms with van der Waals surface area (Å²) in [6, 6.07) is 28.6. The first kappa shape index (κ1) is 46.9. The van der Waals surface area contributed by atoms with E-state index in [-0.39, 0.29) is 20.8 Å². The second kappa shape index (κ2) is 24.3. The highest BCUT2D eigenvalue weighted by Gasteiger charge is 2.19. The Hall–Kier alpha value is -5.22. The molecule has 0 spiro atoms. The predicted molar refractivity (Wildman–Crippen MR) is 236 cm³/mol. The average Bonchev–Trinajstić information content (AvgIpc) is 3.73. The van der Waals surface area contributed by atoms with Gasteiger partial charge in [0.1, 0.15) is 12.1 Å². The number of H-pyrrole nitrogens is 1. The van der Waals surface area contributed by atoms with Crippen LogP contribution in [0.5, 0.6) is 0 Å². The zero-order valence-electron chi connectivity index (χ0n) is 29.2. The van der Waals surface area contributed by atoms with Gasteiger partial charge in [-0.25, -0.2) is 0 Å². The van der Waals surface area contributed by atoms with Gasteiger partial charge >= 0.3 is 7.12 Å². The first-order valence-electron chi connectivity index (χ1n) is 16.3. The molecule has 1 aliphatic carbocycles. The summed E-state index contributed by atoms with van der Waals surface area (Å²) in [7, 11) is -1.41. The van der Waals surface area contributed by atoms with Crippen molar-refractivity contribution in [1.82, 2.24) is 20.6 Å². The third-order valence-corrected chi connectivity index (χ3v) is 8.95. The molecule has 16 heteroatoms. The van der Waals surface area contributed by atoms with Gasteiger partial charge in [-0.1, -0.05) is 107 Å². The van der Waals surface area contributed by atoms with Gasteiger partial charge in [0.2, 0.25) is 5.82 Å². The topological polar surface area (TPSA) is 221 Å². The SMILES string of the molecule is C.C=CC(C/C=C/Cl)c1ccc(N)c(C#N)c1.N#Cc1cc(Br)ccc1N.NC1CC=C(c2ccc(Cl)cc2)C=C1c1nn[nH]n1.OB(O)c1ccc(Cl)cc1.[2HH]. The number of aromatic nitrogens is 4. The Morgan fingerprint density at radius 3 is 2.07 bits per heavy atom. The summed E-state index contributed by atoms with van der Waals surface area (Å²) in [5.41, 5.74) is 25.3. The summed E-state index contributed by atoms with van der Waals surface area (Å²) in [6.07, 6.45) is 9.32. The van der Waals surface area contributed by atoms with E-state index in [9.17, 15) is 0 Å². The lowest BCUT2D eigenvalue weighted by Gasteiger charge is -2.18. The van der Waals surface area contributed by atoms with Gasteiger partial charge in [-0.15, -0.1) is 16.8 Å². The average molecular weight is 879 g/mol. The number of aromatic amines is 1. The molecular formula is C40H42BBrCl3N9O2. The van der Waals surface area contributed by atoms with Crippen molar-refractivity contribution in [2.45, 2.75) is 32.2 Å². The van der Waals surface area contributed by atoms with Gasteiger partial charge in [0.05, 0.1) is 11.1 Å². The van der Waals surface area contributed by atoms with Gasteiger partial charge in [-0.3, -0.25) is 0 Å². The molecule has 11 nitrogen and oxygen atoms in total. The molecule has 2 atom stereocenters. The molecule has 4 aromatic carbocycles. The van der Waals surface area contributed by atoms with Crippen LogP contribution in [0, 0.1) is 22.7 Å². The minimum Gasteiger partial charge on any atom is -0.423 e. The number of nitrogens with two attached hydrogens (primary N) is 3. The zero-order valence-corrected chi connectivity index (χ0v) is 33.1. The molecule has 0 amide bonds. The molecule has 0 fully saturated rings. The number of nitrogens with one attached hydrogen (secondary N) is 1. The molecule has 0 bridgehead atoms. The quantitative estimate of drug-likeness (QED) is 0.0521. The Bertz CT molecular complexity index is 2190. The van der Waals surface area contributed by atoms with E-state index in [0.717, 1.165) is 44.6 Å². The number of benzene rings is 4. The van der Waals surface area contributed by atoms with Gasteiger partial charge < -0.3 is 27.2 Å². The largest absolute Gasteiger partial charge is 0.488 e. The number of rotatable bonds is 7. The molecule has 5 aromatic rings. The maximum absolute atomic E-state index is 8.88.